The minimum absolute atomic E-state index is 0. The van der Waals surface area contributed by atoms with E-state index in [1.54, 1.807) is 0 Å². The Hall–Kier alpha value is -3.04. The first-order chi connectivity index (χ1) is 14.8. The Bertz CT molecular complexity index is 1100. The van der Waals surface area contributed by atoms with Gasteiger partial charge >= 0.3 is 0 Å². The monoisotopic (exact) mass is 414 g/mol. The first kappa shape index (κ1) is 20.2. The van der Waals surface area contributed by atoms with Crippen molar-refractivity contribution >= 4 is 11.3 Å². The van der Waals surface area contributed by atoms with Crippen LogP contribution in [0.2, 0.25) is 0 Å². The van der Waals surface area contributed by atoms with E-state index in [1.807, 2.05) is 55.2 Å². The molecule has 0 fully saturated rings. The fourth-order valence-electron chi connectivity index (χ4n) is 4.01. The molecule has 3 heterocycles. The Labute approximate surface area is 186 Å². The maximum Gasteiger partial charge on any atom is 0.0414 e. The van der Waals surface area contributed by atoms with Crippen LogP contribution in [0.4, 0.5) is 0 Å². The molecule has 0 bridgehead atoms. The zero-order valence-corrected chi connectivity index (χ0v) is 18.2. The zero-order chi connectivity index (χ0) is 20.8. The number of pyridine rings is 2. The number of hydrogen-bond acceptors (Lipinski definition) is 3. The molecule has 1 aliphatic rings. The highest BCUT2D eigenvalue weighted by molar-refractivity contribution is 7.12. The van der Waals surface area contributed by atoms with Crippen LogP contribution in [-0.4, -0.2) is 9.97 Å². The van der Waals surface area contributed by atoms with Crippen LogP contribution in [0.3, 0.4) is 0 Å². The second-order valence-electron chi connectivity index (χ2n) is 7.49. The van der Waals surface area contributed by atoms with Gasteiger partial charge in [0.2, 0.25) is 0 Å². The molecule has 2 atom stereocenters. The predicted molar refractivity (Wildman–Crippen MR) is 131 cm³/mol. The minimum atomic E-state index is 0. The number of hydrogen-bond donors (Lipinski definition) is 0. The lowest BCUT2D eigenvalue weighted by Gasteiger charge is -2.19. The molecule has 0 spiro atoms. The van der Waals surface area contributed by atoms with Crippen LogP contribution in [0.25, 0.3) is 0 Å². The molecule has 0 saturated heterocycles. The summed E-state index contributed by atoms with van der Waals surface area (Å²) >= 11 is 1.90. The van der Waals surface area contributed by atoms with E-state index in [0.29, 0.717) is 0 Å². The molecule has 3 heteroatoms. The van der Waals surface area contributed by atoms with Crippen LogP contribution in [-0.2, 0) is 0 Å². The lowest BCUT2D eigenvalue weighted by molar-refractivity contribution is 0.930. The van der Waals surface area contributed by atoms with Crippen molar-refractivity contribution < 1.29 is 2.85 Å². The topological polar surface area (TPSA) is 25.8 Å². The summed E-state index contributed by atoms with van der Waals surface area (Å²) in [7, 11) is 0. The summed E-state index contributed by atoms with van der Waals surface area (Å²) < 4.78 is 0. The third-order valence-electron chi connectivity index (χ3n) is 5.43. The van der Waals surface area contributed by atoms with E-state index in [0.717, 1.165) is 6.42 Å². The lowest BCUT2D eigenvalue weighted by Crippen LogP contribution is -2.03. The van der Waals surface area contributed by atoms with Crippen molar-refractivity contribution in [2.75, 3.05) is 0 Å². The van der Waals surface area contributed by atoms with Crippen LogP contribution in [0.5, 0.6) is 0 Å². The predicted octanol–water partition coefficient (Wildman–Crippen LogP) is 7.70. The second-order valence-corrected chi connectivity index (χ2v) is 8.64. The molecule has 0 radical (unpaired) electrons. The fraction of sp³-hybridized carbons (Fsp3) is 0.185. The van der Waals surface area contributed by atoms with Gasteiger partial charge in [0, 0.05) is 49.2 Å². The Morgan fingerprint density at radius 3 is 2.40 bits per heavy atom. The van der Waals surface area contributed by atoms with Gasteiger partial charge in [-0.25, -0.2) is 0 Å². The van der Waals surface area contributed by atoms with Gasteiger partial charge in [0.1, 0.15) is 0 Å². The fourth-order valence-corrected chi connectivity index (χ4v) is 5.40. The van der Waals surface area contributed by atoms with Crippen molar-refractivity contribution in [1.29, 1.82) is 0 Å². The van der Waals surface area contributed by atoms with Gasteiger partial charge in [0.15, 0.2) is 0 Å². The van der Waals surface area contributed by atoms with Crippen molar-refractivity contribution in [3.8, 4) is 0 Å². The number of thiophene rings is 1. The average Bonchev–Trinajstić information content (AvgIpc) is 3.48. The molecule has 0 aliphatic heterocycles. The number of aromatic nitrogens is 2. The lowest BCUT2D eigenvalue weighted by atomic mass is 9.89. The Kier molecular flexibility index (Phi) is 6.50. The Morgan fingerprint density at radius 1 is 1.03 bits per heavy atom. The molecule has 0 aromatic carbocycles. The van der Waals surface area contributed by atoms with E-state index in [1.165, 1.54) is 32.0 Å². The smallest absolute Gasteiger partial charge is 0.0414 e. The van der Waals surface area contributed by atoms with Gasteiger partial charge in [0.25, 0.3) is 0 Å². The quantitative estimate of drug-likeness (QED) is 0.370. The van der Waals surface area contributed by atoms with Crippen LogP contribution in [0.15, 0.2) is 109 Å². The molecular weight excluding hydrogens is 384 g/mol. The summed E-state index contributed by atoms with van der Waals surface area (Å²) in [5, 5.41) is 0. The van der Waals surface area contributed by atoms with Crippen LogP contribution in [0, 0.1) is 0 Å². The summed E-state index contributed by atoms with van der Waals surface area (Å²) in [6.45, 7) is 4.26. The maximum absolute atomic E-state index is 4.39. The van der Waals surface area contributed by atoms with E-state index in [9.17, 15) is 0 Å². The van der Waals surface area contributed by atoms with Crippen molar-refractivity contribution in [1.82, 2.24) is 9.97 Å². The summed E-state index contributed by atoms with van der Waals surface area (Å²) in [5.74, 6) is 0.459. The average molecular weight is 415 g/mol. The van der Waals surface area contributed by atoms with Crippen LogP contribution < -0.4 is 0 Å². The normalized spacial score (nSPS) is 16.1. The molecule has 154 valence electrons. The second kappa shape index (κ2) is 9.64. The maximum atomic E-state index is 4.39. The Balaban J connectivity index is 0.00000181. The van der Waals surface area contributed by atoms with E-state index in [4.69, 9.17) is 0 Å². The molecule has 2 unspecified atom stereocenters. The molecule has 4 rings (SSSR count). The van der Waals surface area contributed by atoms with Gasteiger partial charge in [-0.2, -0.15) is 0 Å². The first-order valence-corrected chi connectivity index (χ1v) is 11.1. The van der Waals surface area contributed by atoms with E-state index in [2.05, 4.69) is 77.6 Å². The van der Waals surface area contributed by atoms with Gasteiger partial charge < -0.3 is 0 Å². The Morgan fingerprint density at radius 2 is 1.77 bits per heavy atom. The van der Waals surface area contributed by atoms with Crippen LogP contribution in [0.1, 0.15) is 55.8 Å². The molecule has 3 aromatic rings. The molecule has 0 saturated carbocycles. The van der Waals surface area contributed by atoms with Gasteiger partial charge in [0.05, 0.1) is 0 Å². The molecular formula is C27H30N2S. The van der Waals surface area contributed by atoms with E-state index in [-0.39, 0.29) is 14.7 Å². The molecule has 3 aromatic heterocycles. The summed E-state index contributed by atoms with van der Waals surface area (Å²) in [4.78, 5) is 11.5. The van der Waals surface area contributed by atoms with Gasteiger partial charge in [-0.05, 0) is 55.7 Å². The standard InChI is InChI=1S/C27H26N2S.2H2/c1-3-4-9-20(2)26(22-12-7-16-28-18-22)24-14-15-25(30-24)27(21-10-5-6-11-21)23-13-8-17-29-19-23;;/h3-10,12-19,26-27H,11H2,1-2H3;2*1H/b4-3-,20-9+;;. The SMILES string of the molecule is C/C=C\C=C(/C)C(c1cccnc1)c1ccc(C(C2=CC=CC2)c2cccnc2)s1.[HH].[HH]. The van der Waals surface area contributed by atoms with Crippen LogP contribution >= 0.6 is 11.3 Å². The van der Waals surface area contributed by atoms with E-state index < -0.39 is 0 Å². The largest absolute Gasteiger partial charge is 0.264 e. The molecule has 0 N–H and O–H groups in total. The summed E-state index contributed by atoms with van der Waals surface area (Å²) in [6.07, 6.45) is 21.7. The minimum Gasteiger partial charge on any atom is -0.264 e. The molecule has 30 heavy (non-hydrogen) atoms. The number of nitrogens with zero attached hydrogens (tertiary/aromatic N) is 2. The van der Waals surface area contributed by atoms with Gasteiger partial charge in [-0.15, -0.1) is 11.3 Å². The first-order valence-electron chi connectivity index (χ1n) is 10.3. The van der Waals surface area contributed by atoms with E-state index >= 15 is 0 Å². The highest BCUT2D eigenvalue weighted by Crippen LogP contribution is 2.42. The molecule has 0 amide bonds. The summed E-state index contributed by atoms with van der Waals surface area (Å²) in [5.41, 5.74) is 5.22. The van der Waals surface area contributed by atoms with Crippen molar-refractivity contribution in [2.24, 2.45) is 0 Å². The zero-order valence-electron chi connectivity index (χ0n) is 17.4. The third kappa shape index (κ3) is 4.42. The highest BCUT2D eigenvalue weighted by atomic mass is 32.1. The summed E-state index contributed by atoms with van der Waals surface area (Å²) in [6, 6.07) is 13.0. The molecule has 1 aliphatic carbocycles. The third-order valence-corrected chi connectivity index (χ3v) is 6.64. The number of allylic oxidation sites excluding steroid dienone is 8. The number of rotatable bonds is 7. The van der Waals surface area contributed by atoms with Crippen molar-refractivity contribution in [3.63, 3.8) is 0 Å². The van der Waals surface area contributed by atoms with Gasteiger partial charge in [-0.3, -0.25) is 9.97 Å². The highest BCUT2D eigenvalue weighted by Gasteiger charge is 2.24. The van der Waals surface area contributed by atoms with Gasteiger partial charge in [-0.1, -0.05) is 59.7 Å². The molecule has 2 nitrogen and oxygen atoms in total. The van der Waals surface area contributed by atoms with Crippen molar-refractivity contribution in [2.45, 2.75) is 32.1 Å². The van der Waals surface area contributed by atoms with Crippen molar-refractivity contribution in [3.05, 3.63) is 130 Å².